The Balaban J connectivity index is 1.55. The van der Waals surface area contributed by atoms with Crippen LogP contribution in [0.4, 0.5) is 0 Å². The monoisotopic (exact) mass is 345 g/mol. The van der Waals surface area contributed by atoms with Crippen molar-refractivity contribution in [2.45, 2.75) is 31.1 Å². The molecule has 1 saturated carbocycles. The Morgan fingerprint density at radius 1 is 1.26 bits per heavy atom. The van der Waals surface area contributed by atoms with Crippen molar-refractivity contribution in [1.29, 1.82) is 0 Å². The van der Waals surface area contributed by atoms with Gasteiger partial charge in [0.25, 0.3) is 0 Å². The zero-order valence-electron chi connectivity index (χ0n) is 11.1. The minimum absolute atomic E-state index is 0.388. The average Bonchev–Trinajstić information content (AvgIpc) is 2.41. The van der Waals surface area contributed by atoms with Crippen LogP contribution in [-0.2, 0) is 0 Å². The first-order valence-electron chi connectivity index (χ1n) is 6.97. The SMILES string of the molecule is ClC1CCCC(CNCCOc2ccc(Br)cc2)C1. The molecule has 0 bridgehead atoms. The normalized spacial score (nSPS) is 23.3. The van der Waals surface area contributed by atoms with Crippen molar-refractivity contribution in [2.75, 3.05) is 19.7 Å². The second-order valence-electron chi connectivity index (χ2n) is 5.14. The Labute approximate surface area is 129 Å². The van der Waals surface area contributed by atoms with Crippen LogP contribution >= 0.6 is 27.5 Å². The standard InChI is InChI=1S/C15H21BrClNO/c16-13-4-6-15(7-5-13)19-9-8-18-11-12-2-1-3-14(17)10-12/h4-7,12,14,18H,1-3,8-11H2. The molecule has 1 aliphatic carbocycles. The maximum atomic E-state index is 6.19. The molecule has 1 N–H and O–H groups in total. The molecular formula is C15H21BrClNO. The van der Waals surface area contributed by atoms with E-state index >= 15 is 0 Å². The molecule has 2 unspecified atom stereocenters. The highest BCUT2D eigenvalue weighted by molar-refractivity contribution is 9.10. The van der Waals surface area contributed by atoms with Crippen LogP contribution in [-0.4, -0.2) is 25.1 Å². The summed E-state index contributed by atoms with van der Waals surface area (Å²) in [6, 6.07) is 7.93. The lowest BCUT2D eigenvalue weighted by atomic mass is 9.89. The summed E-state index contributed by atoms with van der Waals surface area (Å²) in [5, 5.41) is 3.85. The highest BCUT2D eigenvalue weighted by Crippen LogP contribution is 2.27. The van der Waals surface area contributed by atoms with Crippen LogP contribution in [0.1, 0.15) is 25.7 Å². The summed E-state index contributed by atoms with van der Waals surface area (Å²) >= 11 is 9.60. The minimum Gasteiger partial charge on any atom is -0.492 e. The maximum Gasteiger partial charge on any atom is 0.119 e. The fourth-order valence-electron chi connectivity index (χ4n) is 2.49. The Hall–Kier alpha value is -0.250. The molecule has 2 rings (SSSR count). The van der Waals surface area contributed by atoms with Gasteiger partial charge in [0.05, 0.1) is 0 Å². The largest absolute Gasteiger partial charge is 0.492 e. The molecule has 0 saturated heterocycles. The molecule has 1 fully saturated rings. The number of benzene rings is 1. The van der Waals surface area contributed by atoms with Crippen molar-refractivity contribution in [3.8, 4) is 5.75 Å². The van der Waals surface area contributed by atoms with Crippen molar-refractivity contribution in [3.05, 3.63) is 28.7 Å². The van der Waals surface area contributed by atoms with Gasteiger partial charge in [-0.1, -0.05) is 22.4 Å². The van der Waals surface area contributed by atoms with Crippen molar-refractivity contribution >= 4 is 27.5 Å². The van der Waals surface area contributed by atoms with Gasteiger partial charge in [0.1, 0.15) is 12.4 Å². The van der Waals surface area contributed by atoms with Crippen molar-refractivity contribution < 1.29 is 4.74 Å². The Morgan fingerprint density at radius 2 is 2.05 bits per heavy atom. The highest BCUT2D eigenvalue weighted by atomic mass is 79.9. The lowest BCUT2D eigenvalue weighted by Crippen LogP contribution is -2.30. The molecule has 0 aromatic heterocycles. The van der Waals surface area contributed by atoms with E-state index < -0.39 is 0 Å². The molecule has 0 spiro atoms. The van der Waals surface area contributed by atoms with E-state index in [0.717, 1.165) is 35.7 Å². The first kappa shape index (κ1) is 15.1. The molecular weight excluding hydrogens is 326 g/mol. The van der Waals surface area contributed by atoms with Gasteiger partial charge in [0.15, 0.2) is 0 Å². The summed E-state index contributed by atoms with van der Waals surface area (Å²) in [5.74, 6) is 1.66. The molecule has 2 nitrogen and oxygen atoms in total. The zero-order chi connectivity index (χ0) is 13.5. The molecule has 0 radical (unpaired) electrons. The first-order chi connectivity index (χ1) is 9.24. The molecule has 0 aliphatic heterocycles. The summed E-state index contributed by atoms with van der Waals surface area (Å²) < 4.78 is 6.74. The molecule has 106 valence electrons. The highest BCUT2D eigenvalue weighted by Gasteiger charge is 2.19. The molecule has 1 aromatic carbocycles. The molecule has 4 heteroatoms. The molecule has 19 heavy (non-hydrogen) atoms. The van der Waals surface area contributed by atoms with Crippen LogP contribution in [0.5, 0.6) is 5.75 Å². The first-order valence-corrected chi connectivity index (χ1v) is 8.20. The predicted octanol–water partition coefficient (Wildman–Crippen LogP) is 4.22. The van der Waals surface area contributed by atoms with Crippen LogP contribution < -0.4 is 10.1 Å². The van der Waals surface area contributed by atoms with Crippen LogP contribution in [0.25, 0.3) is 0 Å². The van der Waals surface area contributed by atoms with E-state index in [1.165, 1.54) is 19.3 Å². The Bertz CT molecular complexity index is 371. The van der Waals surface area contributed by atoms with E-state index in [9.17, 15) is 0 Å². The summed E-state index contributed by atoms with van der Waals surface area (Å²) in [6.07, 6.45) is 4.92. The van der Waals surface area contributed by atoms with Crippen LogP contribution in [0.2, 0.25) is 0 Å². The second-order valence-corrected chi connectivity index (χ2v) is 6.67. The van der Waals surface area contributed by atoms with E-state index in [4.69, 9.17) is 16.3 Å². The Morgan fingerprint density at radius 3 is 2.79 bits per heavy atom. The van der Waals surface area contributed by atoms with Crippen LogP contribution in [0, 0.1) is 5.92 Å². The molecule has 0 heterocycles. The third-order valence-corrected chi connectivity index (χ3v) is 4.44. The predicted molar refractivity (Wildman–Crippen MR) is 84.1 cm³/mol. The second kappa shape index (κ2) is 8.13. The topological polar surface area (TPSA) is 21.3 Å². The van der Waals surface area contributed by atoms with Gasteiger partial charge in [0.2, 0.25) is 0 Å². The fourth-order valence-corrected chi connectivity index (χ4v) is 3.16. The van der Waals surface area contributed by atoms with Gasteiger partial charge in [-0.3, -0.25) is 0 Å². The lowest BCUT2D eigenvalue weighted by molar-refractivity contribution is 0.295. The van der Waals surface area contributed by atoms with Crippen molar-refractivity contribution in [2.24, 2.45) is 5.92 Å². The van der Waals surface area contributed by atoms with Gasteiger partial charge in [0, 0.05) is 16.4 Å². The van der Waals surface area contributed by atoms with Gasteiger partial charge in [-0.15, -0.1) is 11.6 Å². The third kappa shape index (κ3) is 5.72. The third-order valence-electron chi connectivity index (χ3n) is 3.51. The zero-order valence-corrected chi connectivity index (χ0v) is 13.4. The van der Waals surface area contributed by atoms with Crippen molar-refractivity contribution in [3.63, 3.8) is 0 Å². The summed E-state index contributed by atoms with van der Waals surface area (Å²) in [4.78, 5) is 0. The van der Waals surface area contributed by atoms with E-state index in [2.05, 4.69) is 21.2 Å². The van der Waals surface area contributed by atoms with Gasteiger partial charge in [-0.25, -0.2) is 0 Å². The number of ether oxygens (including phenoxy) is 1. The quantitative estimate of drug-likeness (QED) is 0.615. The van der Waals surface area contributed by atoms with E-state index in [1.54, 1.807) is 0 Å². The van der Waals surface area contributed by atoms with Crippen LogP contribution in [0.3, 0.4) is 0 Å². The number of halogens is 2. The molecule has 1 aromatic rings. The fraction of sp³-hybridized carbons (Fsp3) is 0.600. The smallest absolute Gasteiger partial charge is 0.119 e. The molecule has 2 atom stereocenters. The van der Waals surface area contributed by atoms with Gasteiger partial charge in [-0.05, 0) is 56.0 Å². The lowest BCUT2D eigenvalue weighted by Gasteiger charge is -2.25. The van der Waals surface area contributed by atoms with E-state index in [1.807, 2.05) is 24.3 Å². The number of nitrogens with one attached hydrogen (secondary N) is 1. The number of hydrogen-bond acceptors (Lipinski definition) is 2. The summed E-state index contributed by atoms with van der Waals surface area (Å²) in [6.45, 7) is 2.66. The number of hydrogen-bond donors (Lipinski definition) is 1. The summed E-state index contributed by atoms with van der Waals surface area (Å²) in [7, 11) is 0. The molecule has 1 aliphatic rings. The van der Waals surface area contributed by atoms with Gasteiger partial charge in [-0.2, -0.15) is 0 Å². The van der Waals surface area contributed by atoms with Gasteiger partial charge < -0.3 is 10.1 Å². The Kier molecular flexibility index (Phi) is 6.48. The van der Waals surface area contributed by atoms with E-state index in [0.29, 0.717) is 12.0 Å². The van der Waals surface area contributed by atoms with Gasteiger partial charge >= 0.3 is 0 Å². The number of alkyl halides is 1. The minimum atomic E-state index is 0.388. The average molecular weight is 347 g/mol. The van der Waals surface area contributed by atoms with E-state index in [-0.39, 0.29) is 0 Å². The van der Waals surface area contributed by atoms with Crippen LogP contribution in [0.15, 0.2) is 28.7 Å². The summed E-state index contributed by atoms with van der Waals surface area (Å²) in [5.41, 5.74) is 0. The maximum absolute atomic E-state index is 6.19. The molecule has 0 amide bonds. The van der Waals surface area contributed by atoms with Crippen molar-refractivity contribution in [1.82, 2.24) is 5.32 Å². The number of rotatable bonds is 6.